The maximum absolute atomic E-state index is 6.67. The number of fused-ring (bicyclic) bond motifs is 3. The van der Waals surface area contributed by atoms with Crippen LogP contribution < -0.4 is 10.6 Å². The molecule has 0 bridgehead atoms. The van der Waals surface area contributed by atoms with Crippen LogP contribution in [0.3, 0.4) is 0 Å². The molecule has 3 nitrogen and oxygen atoms in total. The first-order chi connectivity index (χ1) is 21.3. The molecule has 1 aromatic heterocycles. The molecule has 8 aromatic carbocycles. The largest absolute Gasteiger partial charge is 0.453 e. The van der Waals surface area contributed by atoms with Crippen molar-refractivity contribution >= 4 is 77.0 Å². The Bertz CT molecular complexity index is 2440. The monoisotopic (exact) mass is 550 g/mol. The summed E-state index contributed by atoms with van der Waals surface area (Å²) in [5, 5.41) is 17.0. The van der Waals surface area contributed by atoms with E-state index in [2.05, 4.69) is 144 Å². The Hall–Kier alpha value is -5.80. The average molecular weight is 551 g/mol. The normalized spacial score (nSPS) is 11.7. The van der Waals surface area contributed by atoms with Crippen molar-refractivity contribution in [3.8, 4) is 11.1 Å². The van der Waals surface area contributed by atoms with Gasteiger partial charge in [-0.3, -0.25) is 0 Å². The summed E-state index contributed by atoms with van der Waals surface area (Å²) in [7, 11) is 0. The minimum atomic E-state index is 0.862. The van der Waals surface area contributed by atoms with Crippen LogP contribution in [0.4, 0.5) is 22.7 Å². The fraction of sp³-hybridized carbons (Fsp3) is 0. The third kappa shape index (κ3) is 3.75. The fourth-order valence-electron chi connectivity index (χ4n) is 6.60. The maximum atomic E-state index is 6.67. The van der Waals surface area contributed by atoms with E-state index in [0.29, 0.717) is 0 Å². The number of para-hydroxylation sites is 3. The molecule has 0 unspecified atom stereocenters. The van der Waals surface area contributed by atoms with Crippen LogP contribution in [0.5, 0.6) is 0 Å². The first-order valence-electron chi connectivity index (χ1n) is 14.6. The molecule has 9 aromatic rings. The summed E-state index contributed by atoms with van der Waals surface area (Å²) >= 11 is 0. The Balaban J connectivity index is 1.20. The van der Waals surface area contributed by atoms with Gasteiger partial charge in [0.15, 0.2) is 5.58 Å². The summed E-state index contributed by atoms with van der Waals surface area (Å²) in [5.74, 6) is 0. The molecule has 0 aliphatic heterocycles. The van der Waals surface area contributed by atoms with Gasteiger partial charge in [-0.1, -0.05) is 115 Å². The predicted molar refractivity (Wildman–Crippen MR) is 182 cm³/mol. The molecule has 0 spiro atoms. The Kier molecular flexibility index (Phi) is 5.20. The van der Waals surface area contributed by atoms with Crippen molar-refractivity contribution < 1.29 is 4.42 Å². The van der Waals surface area contributed by atoms with Gasteiger partial charge in [0.1, 0.15) is 5.58 Å². The van der Waals surface area contributed by atoms with Crippen molar-refractivity contribution in [2.24, 2.45) is 0 Å². The second-order valence-corrected chi connectivity index (χ2v) is 11.1. The van der Waals surface area contributed by atoms with Gasteiger partial charge in [0.2, 0.25) is 0 Å². The highest BCUT2D eigenvalue weighted by atomic mass is 16.3. The van der Waals surface area contributed by atoms with Gasteiger partial charge in [0, 0.05) is 44.2 Å². The minimum absolute atomic E-state index is 0.862. The molecule has 0 aliphatic carbocycles. The number of rotatable bonds is 5. The van der Waals surface area contributed by atoms with Crippen LogP contribution in [0.25, 0.3) is 65.4 Å². The highest BCUT2D eigenvalue weighted by Crippen LogP contribution is 2.43. The molecule has 9 rings (SSSR count). The van der Waals surface area contributed by atoms with Crippen LogP contribution in [-0.4, -0.2) is 0 Å². The van der Waals surface area contributed by atoms with Crippen molar-refractivity contribution in [1.82, 2.24) is 0 Å². The van der Waals surface area contributed by atoms with Crippen LogP contribution >= 0.6 is 0 Å². The number of hydrogen-bond donors (Lipinski definition) is 2. The molecule has 0 atom stereocenters. The Labute approximate surface area is 248 Å². The molecule has 3 heteroatoms. The van der Waals surface area contributed by atoms with Gasteiger partial charge in [0.25, 0.3) is 0 Å². The third-order valence-electron chi connectivity index (χ3n) is 8.60. The lowest BCUT2D eigenvalue weighted by Crippen LogP contribution is -1.95. The van der Waals surface area contributed by atoms with Crippen molar-refractivity contribution in [3.05, 3.63) is 146 Å². The first kappa shape index (κ1) is 23.9. The zero-order valence-electron chi connectivity index (χ0n) is 23.3. The summed E-state index contributed by atoms with van der Waals surface area (Å²) in [6.45, 7) is 0. The van der Waals surface area contributed by atoms with Gasteiger partial charge in [-0.2, -0.15) is 0 Å². The van der Waals surface area contributed by atoms with Gasteiger partial charge in [0.05, 0.1) is 5.69 Å². The van der Waals surface area contributed by atoms with Crippen molar-refractivity contribution in [2.75, 3.05) is 10.6 Å². The quantitative estimate of drug-likeness (QED) is 0.209. The predicted octanol–water partition coefficient (Wildman–Crippen LogP) is 11.6. The fourth-order valence-corrected chi connectivity index (χ4v) is 6.60. The molecular formula is C40H26N2O. The van der Waals surface area contributed by atoms with Crippen LogP contribution in [-0.2, 0) is 0 Å². The number of furan rings is 1. The third-order valence-corrected chi connectivity index (χ3v) is 8.60. The topological polar surface area (TPSA) is 37.2 Å². The molecule has 0 saturated heterocycles. The second-order valence-electron chi connectivity index (χ2n) is 11.1. The van der Waals surface area contributed by atoms with Gasteiger partial charge in [-0.15, -0.1) is 0 Å². The molecule has 0 fully saturated rings. The number of hydrogen-bond acceptors (Lipinski definition) is 3. The van der Waals surface area contributed by atoms with Crippen molar-refractivity contribution in [1.29, 1.82) is 0 Å². The highest BCUT2D eigenvalue weighted by Gasteiger charge is 2.17. The van der Waals surface area contributed by atoms with E-state index >= 15 is 0 Å². The lowest BCUT2D eigenvalue weighted by Gasteiger charge is -2.17. The zero-order valence-corrected chi connectivity index (χ0v) is 23.3. The second kappa shape index (κ2) is 9.37. The molecule has 0 saturated carbocycles. The molecule has 43 heavy (non-hydrogen) atoms. The van der Waals surface area contributed by atoms with Crippen molar-refractivity contribution in [3.63, 3.8) is 0 Å². The number of benzene rings is 8. The zero-order chi connectivity index (χ0) is 28.3. The lowest BCUT2D eigenvalue weighted by atomic mass is 9.92. The van der Waals surface area contributed by atoms with E-state index in [-0.39, 0.29) is 0 Å². The van der Waals surface area contributed by atoms with Gasteiger partial charge in [-0.25, -0.2) is 0 Å². The van der Waals surface area contributed by atoms with Crippen LogP contribution in [0.2, 0.25) is 0 Å². The van der Waals surface area contributed by atoms with E-state index in [9.17, 15) is 0 Å². The molecular weight excluding hydrogens is 524 g/mol. The van der Waals surface area contributed by atoms with E-state index in [1.165, 1.54) is 32.3 Å². The Morgan fingerprint density at radius 2 is 0.953 bits per heavy atom. The number of anilines is 4. The average Bonchev–Trinajstić information content (AvgIpc) is 3.46. The molecule has 0 radical (unpaired) electrons. The first-order valence-corrected chi connectivity index (χ1v) is 14.6. The summed E-state index contributed by atoms with van der Waals surface area (Å²) < 4.78 is 6.67. The standard InChI is InChI=1S/C40H26N2O/c1-3-9-25(10-4-1)29-13-7-14-30-31-15-8-16-36(40(31)43-39(29)30)42-35-24-20-27-17-21-32-34(41-28-11-5-2-6-12-28)23-19-26-18-22-33(35)38(27)37(26)32/h1-24,41-42H. The summed E-state index contributed by atoms with van der Waals surface area (Å²) in [6.07, 6.45) is 0. The SMILES string of the molecule is c1ccc(Nc2ccc3ccc4c(Nc5cccc6c5oc5c(-c7ccccc7)cccc56)ccc5ccc2c3c54)cc1. The van der Waals surface area contributed by atoms with Crippen LogP contribution in [0.15, 0.2) is 150 Å². The van der Waals surface area contributed by atoms with E-state index in [4.69, 9.17) is 4.42 Å². The van der Waals surface area contributed by atoms with E-state index in [0.717, 1.165) is 55.8 Å². The van der Waals surface area contributed by atoms with Crippen LogP contribution in [0, 0.1) is 0 Å². The number of nitrogens with one attached hydrogen (secondary N) is 2. The smallest absolute Gasteiger partial charge is 0.158 e. The van der Waals surface area contributed by atoms with E-state index < -0.39 is 0 Å². The minimum Gasteiger partial charge on any atom is -0.453 e. The molecule has 0 amide bonds. The Morgan fingerprint density at radius 1 is 0.372 bits per heavy atom. The van der Waals surface area contributed by atoms with Gasteiger partial charge < -0.3 is 15.1 Å². The lowest BCUT2D eigenvalue weighted by molar-refractivity contribution is 0.671. The summed E-state index contributed by atoms with van der Waals surface area (Å²) in [5.41, 5.74) is 8.21. The Morgan fingerprint density at radius 3 is 1.65 bits per heavy atom. The molecule has 1 heterocycles. The molecule has 202 valence electrons. The van der Waals surface area contributed by atoms with Gasteiger partial charge >= 0.3 is 0 Å². The molecule has 2 N–H and O–H groups in total. The van der Waals surface area contributed by atoms with Gasteiger partial charge in [-0.05, 0) is 57.4 Å². The van der Waals surface area contributed by atoms with Crippen molar-refractivity contribution in [2.45, 2.75) is 0 Å². The van der Waals surface area contributed by atoms with E-state index in [1.807, 2.05) is 12.1 Å². The van der Waals surface area contributed by atoms with Crippen LogP contribution in [0.1, 0.15) is 0 Å². The van der Waals surface area contributed by atoms with E-state index in [1.54, 1.807) is 0 Å². The summed E-state index contributed by atoms with van der Waals surface area (Å²) in [6, 6.07) is 51.3. The maximum Gasteiger partial charge on any atom is 0.158 e. The molecule has 0 aliphatic rings. The summed E-state index contributed by atoms with van der Waals surface area (Å²) in [4.78, 5) is 0. The highest BCUT2D eigenvalue weighted by molar-refractivity contribution is 6.27.